The number of hydrogen-bond donors (Lipinski definition) is 0. The molecule has 1 aromatic carbocycles. The van der Waals surface area contributed by atoms with Crippen LogP contribution < -0.4 is 4.74 Å². The summed E-state index contributed by atoms with van der Waals surface area (Å²) in [4.78, 5) is 11.3. The molecule has 0 saturated heterocycles. The fraction of sp³-hybridized carbons (Fsp3) is 0.200. The molecule has 0 spiro atoms. The van der Waals surface area contributed by atoms with E-state index in [-0.39, 0.29) is 0 Å². The van der Waals surface area contributed by atoms with E-state index >= 15 is 0 Å². The molecule has 1 unspecified atom stereocenters. The number of fused-ring (bicyclic) bond motifs is 1. The normalized spacial score (nSPS) is 18.3. The highest BCUT2D eigenvalue weighted by Crippen LogP contribution is 2.36. The number of hydrogen-bond acceptors (Lipinski definition) is 4. The van der Waals surface area contributed by atoms with Crippen molar-refractivity contribution in [2.75, 3.05) is 7.11 Å². The SMILES string of the molecule is COc1cccc2c1C(C#N)OC2=O. The molecule has 70 valence electrons. The summed E-state index contributed by atoms with van der Waals surface area (Å²) in [6, 6.07) is 6.92. The van der Waals surface area contributed by atoms with Crippen LogP contribution in [0, 0.1) is 11.3 Å². The van der Waals surface area contributed by atoms with E-state index in [0.717, 1.165) is 0 Å². The van der Waals surface area contributed by atoms with Gasteiger partial charge in [-0.2, -0.15) is 5.26 Å². The Kier molecular flexibility index (Phi) is 1.86. The van der Waals surface area contributed by atoms with Gasteiger partial charge in [0.1, 0.15) is 11.8 Å². The lowest BCUT2D eigenvalue weighted by atomic mass is 10.0. The van der Waals surface area contributed by atoms with Gasteiger partial charge < -0.3 is 9.47 Å². The van der Waals surface area contributed by atoms with Crippen molar-refractivity contribution in [1.82, 2.24) is 0 Å². The molecule has 0 fully saturated rings. The Morgan fingerprint density at radius 1 is 1.57 bits per heavy atom. The van der Waals surface area contributed by atoms with E-state index in [9.17, 15) is 4.79 Å². The van der Waals surface area contributed by atoms with Crippen molar-refractivity contribution in [1.29, 1.82) is 5.26 Å². The van der Waals surface area contributed by atoms with Crippen LogP contribution in [0.1, 0.15) is 22.0 Å². The predicted octanol–water partition coefficient (Wildman–Crippen LogP) is 1.43. The first-order chi connectivity index (χ1) is 6.77. The second-order valence-electron chi connectivity index (χ2n) is 2.84. The molecule has 0 bridgehead atoms. The fourth-order valence-electron chi connectivity index (χ4n) is 1.49. The molecule has 1 aliphatic heterocycles. The molecular weight excluding hydrogens is 182 g/mol. The minimum absolute atomic E-state index is 0.413. The predicted molar refractivity (Wildman–Crippen MR) is 46.8 cm³/mol. The van der Waals surface area contributed by atoms with Gasteiger partial charge in [-0.25, -0.2) is 4.79 Å². The van der Waals surface area contributed by atoms with Crippen molar-refractivity contribution in [2.45, 2.75) is 6.10 Å². The third-order valence-corrected chi connectivity index (χ3v) is 2.11. The number of carbonyl (C=O) groups excluding carboxylic acids is 1. The molecule has 2 rings (SSSR count). The van der Waals surface area contributed by atoms with E-state index in [1.165, 1.54) is 7.11 Å². The van der Waals surface area contributed by atoms with Crippen LogP contribution in [0.2, 0.25) is 0 Å². The van der Waals surface area contributed by atoms with Crippen LogP contribution in [-0.2, 0) is 4.74 Å². The summed E-state index contributed by atoms with van der Waals surface area (Å²) in [7, 11) is 1.49. The highest BCUT2D eigenvalue weighted by molar-refractivity contribution is 5.95. The van der Waals surface area contributed by atoms with E-state index in [1.807, 2.05) is 6.07 Å². The van der Waals surface area contributed by atoms with E-state index in [1.54, 1.807) is 18.2 Å². The van der Waals surface area contributed by atoms with Crippen molar-refractivity contribution < 1.29 is 14.3 Å². The quantitative estimate of drug-likeness (QED) is 0.627. The first kappa shape index (κ1) is 8.57. The highest BCUT2D eigenvalue weighted by atomic mass is 16.6. The lowest BCUT2D eigenvalue weighted by molar-refractivity contribution is 0.0476. The van der Waals surface area contributed by atoms with Crippen LogP contribution in [0.4, 0.5) is 0 Å². The number of nitrogens with zero attached hydrogens (tertiary/aromatic N) is 1. The van der Waals surface area contributed by atoms with Gasteiger partial charge >= 0.3 is 5.97 Å². The lowest BCUT2D eigenvalue weighted by Crippen LogP contribution is -1.96. The lowest BCUT2D eigenvalue weighted by Gasteiger charge is -2.05. The molecule has 4 nitrogen and oxygen atoms in total. The number of methoxy groups -OCH3 is 1. The van der Waals surface area contributed by atoms with Crippen LogP contribution in [0.3, 0.4) is 0 Å². The Bertz CT molecular complexity index is 433. The van der Waals surface area contributed by atoms with Gasteiger partial charge in [-0.15, -0.1) is 0 Å². The zero-order chi connectivity index (χ0) is 10.1. The number of rotatable bonds is 1. The topological polar surface area (TPSA) is 59.3 Å². The van der Waals surface area contributed by atoms with Crippen molar-refractivity contribution in [3.05, 3.63) is 29.3 Å². The van der Waals surface area contributed by atoms with Crippen LogP contribution in [0.5, 0.6) is 5.75 Å². The minimum atomic E-state index is -0.839. The number of esters is 1. The Balaban J connectivity index is 2.63. The summed E-state index contributed by atoms with van der Waals surface area (Å²) in [5.41, 5.74) is 0.943. The minimum Gasteiger partial charge on any atom is -0.496 e. The van der Waals surface area contributed by atoms with E-state index in [0.29, 0.717) is 16.9 Å². The number of carbonyl (C=O) groups is 1. The number of ether oxygens (including phenoxy) is 2. The molecule has 1 aromatic rings. The van der Waals surface area contributed by atoms with Gasteiger partial charge in [0.2, 0.25) is 6.10 Å². The maximum absolute atomic E-state index is 11.3. The molecule has 14 heavy (non-hydrogen) atoms. The number of benzene rings is 1. The van der Waals surface area contributed by atoms with Gasteiger partial charge in [0.05, 0.1) is 18.2 Å². The van der Waals surface area contributed by atoms with E-state index < -0.39 is 12.1 Å². The molecule has 0 N–H and O–H groups in total. The summed E-state index contributed by atoms with van der Waals surface area (Å²) in [5, 5.41) is 8.77. The maximum Gasteiger partial charge on any atom is 0.340 e. The third kappa shape index (κ3) is 1.03. The standard InChI is InChI=1S/C10H7NO3/c1-13-7-4-2-3-6-9(7)8(5-11)14-10(6)12/h2-4,8H,1H3. The molecule has 0 radical (unpaired) electrons. The monoisotopic (exact) mass is 189 g/mol. The summed E-state index contributed by atoms with van der Waals surface area (Å²) < 4.78 is 9.90. The van der Waals surface area contributed by atoms with Crippen molar-refractivity contribution in [2.24, 2.45) is 0 Å². The number of cyclic esters (lactones) is 1. The first-order valence-corrected chi connectivity index (χ1v) is 4.05. The summed E-state index contributed by atoms with van der Waals surface area (Å²) in [5.74, 6) is 0.0466. The van der Waals surface area contributed by atoms with Gasteiger partial charge in [-0.3, -0.25) is 0 Å². The molecule has 0 amide bonds. The molecular formula is C10H7NO3. The Hall–Kier alpha value is -2.02. The van der Waals surface area contributed by atoms with Crippen LogP contribution >= 0.6 is 0 Å². The zero-order valence-electron chi connectivity index (χ0n) is 7.48. The summed E-state index contributed by atoms with van der Waals surface area (Å²) in [6.07, 6.45) is -0.839. The Morgan fingerprint density at radius 2 is 2.36 bits per heavy atom. The Morgan fingerprint density at radius 3 is 3.00 bits per heavy atom. The van der Waals surface area contributed by atoms with Crippen LogP contribution in [-0.4, -0.2) is 13.1 Å². The van der Waals surface area contributed by atoms with Gasteiger partial charge in [0.25, 0.3) is 0 Å². The fourth-order valence-corrected chi connectivity index (χ4v) is 1.49. The maximum atomic E-state index is 11.3. The second-order valence-corrected chi connectivity index (χ2v) is 2.84. The van der Waals surface area contributed by atoms with E-state index in [2.05, 4.69) is 0 Å². The molecule has 0 aliphatic carbocycles. The van der Waals surface area contributed by atoms with Gasteiger partial charge in [0, 0.05) is 0 Å². The largest absolute Gasteiger partial charge is 0.496 e. The van der Waals surface area contributed by atoms with Crippen molar-refractivity contribution in [3.8, 4) is 11.8 Å². The van der Waals surface area contributed by atoms with Crippen LogP contribution in [0.25, 0.3) is 0 Å². The smallest absolute Gasteiger partial charge is 0.340 e. The second kappa shape index (κ2) is 3.04. The van der Waals surface area contributed by atoms with Crippen LogP contribution in [0.15, 0.2) is 18.2 Å². The molecule has 0 saturated carbocycles. The Labute approximate surface area is 80.7 Å². The van der Waals surface area contributed by atoms with Gasteiger partial charge in [0.15, 0.2) is 0 Å². The summed E-state index contributed by atoms with van der Waals surface area (Å²) in [6.45, 7) is 0. The molecule has 4 heteroatoms. The van der Waals surface area contributed by atoms with E-state index in [4.69, 9.17) is 14.7 Å². The molecule has 1 aliphatic rings. The first-order valence-electron chi connectivity index (χ1n) is 4.05. The van der Waals surface area contributed by atoms with Gasteiger partial charge in [-0.1, -0.05) is 6.07 Å². The summed E-state index contributed by atoms with van der Waals surface area (Å²) >= 11 is 0. The van der Waals surface area contributed by atoms with Gasteiger partial charge in [-0.05, 0) is 12.1 Å². The molecule has 0 aromatic heterocycles. The van der Waals surface area contributed by atoms with Crippen molar-refractivity contribution >= 4 is 5.97 Å². The third-order valence-electron chi connectivity index (χ3n) is 2.11. The zero-order valence-corrected chi connectivity index (χ0v) is 7.48. The molecule has 1 heterocycles. The molecule has 1 atom stereocenters. The average Bonchev–Trinajstić information content (AvgIpc) is 2.56. The highest BCUT2D eigenvalue weighted by Gasteiger charge is 2.33. The number of nitriles is 1. The average molecular weight is 189 g/mol. The van der Waals surface area contributed by atoms with Crippen molar-refractivity contribution in [3.63, 3.8) is 0 Å².